The van der Waals surface area contributed by atoms with E-state index in [9.17, 15) is 4.79 Å². The first-order valence-electron chi connectivity index (χ1n) is 6.94. The first-order valence-corrected chi connectivity index (χ1v) is 6.94. The van der Waals surface area contributed by atoms with Crippen molar-refractivity contribution in [3.8, 4) is 0 Å². The SMILES string of the molecule is CNCC1CCCN(Cc2ccc(C(N)=O)cc2)C1. The summed E-state index contributed by atoms with van der Waals surface area (Å²) in [5, 5.41) is 3.26. The third-order valence-electron chi connectivity index (χ3n) is 3.74. The van der Waals surface area contributed by atoms with E-state index in [2.05, 4.69) is 10.2 Å². The van der Waals surface area contributed by atoms with Crippen LogP contribution in [0.3, 0.4) is 0 Å². The van der Waals surface area contributed by atoms with E-state index in [1.54, 1.807) is 0 Å². The van der Waals surface area contributed by atoms with Crippen LogP contribution in [0.5, 0.6) is 0 Å². The van der Waals surface area contributed by atoms with Crippen LogP contribution >= 0.6 is 0 Å². The third kappa shape index (κ3) is 4.04. The minimum atomic E-state index is -0.362. The number of nitrogens with zero attached hydrogens (tertiary/aromatic N) is 1. The number of nitrogens with two attached hydrogens (primary N) is 1. The highest BCUT2D eigenvalue weighted by Gasteiger charge is 2.19. The monoisotopic (exact) mass is 261 g/mol. The summed E-state index contributed by atoms with van der Waals surface area (Å²) >= 11 is 0. The van der Waals surface area contributed by atoms with Gasteiger partial charge in [0.1, 0.15) is 0 Å². The van der Waals surface area contributed by atoms with Crippen LogP contribution < -0.4 is 11.1 Å². The Hall–Kier alpha value is -1.39. The predicted molar refractivity (Wildman–Crippen MR) is 76.9 cm³/mol. The molecule has 0 spiro atoms. The molecule has 1 fully saturated rings. The molecule has 0 aliphatic carbocycles. The largest absolute Gasteiger partial charge is 0.366 e. The van der Waals surface area contributed by atoms with Crippen molar-refractivity contribution in [1.82, 2.24) is 10.2 Å². The first-order chi connectivity index (χ1) is 9.19. The van der Waals surface area contributed by atoms with Gasteiger partial charge in [-0.2, -0.15) is 0 Å². The second-order valence-electron chi connectivity index (χ2n) is 5.36. The molecule has 1 unspecified atom stereocenters. The van der Waals surface area contributed by atoms with Crippen molar-refractivity contribution in [3.63, 3.8) is 0 Å². The van der Waals surface area contributed by atoms with Crippen molar-refractivity contribution in [2.45, 2.75) is 19.4 Å². The molecule has 1 amide bonds. The smallest absolute Gasteiger partial charge is 0.248 e. The van der Waals surface area contributed by atoms with Crippen molar-refractivity contribution in [3.05, 3.63) is 35.4 Å². The summed E-state index contributed by atoms with van der Waals surface area (Å²) in [6.07, 6.45) is 2.59. The van der Waals surface area contributed by atoms with E-state index in [0.29, 0.717) is 5.56 Å². The van der Waals surface area contributed by atoms with Gasteiger partial charge in [-0.3, -0.25) is 9.69 Å². The summed E-state index contributed by atoms with van der Waals surface area (Å²) in [6, 6.07) is 7.63. The molecular formula is C15H23N3O. The number of amides is 1. The number of rotatable bonds is 5. The summed E-state index contributed by atoms with van der Waals surface area (Å²) in [5.74, 6) is 0.391. The first kappa shape index (κ1) is 14.0. The Balaban J connectivity index is 1.91. The predicted octanol–water partition coefficient (Wildman–Crippen LogP) is 1.22. The maximum absolute atomic E-state index is 11.0. The second kappa shape index (κ2) is 6.68. The van der Waals surface area contributed by atoms with Crippen molar-refractivity contribution < 1.29 is 4.79 Å². The topological polar surface area (TPSA) is 58.4 Å². The average Bonchev–Trinajstić information content (AvgIpc) is 2.40. The van der Waals surface area contributed by atoms with Gasteiger partial charge in [0, 0.05) is 18.7 Å². The van der Waals surface area contributed by atoms with Gasteiger partial charge in [-0.1, -0.05) is 12.1 Å². The zero-order valence-corrected chi connectivity index (χ0v) is 11.6. The highest BCUT2D eigenvalue weighted by molar-refractivity contribution is 5.92. The van der Waals surface area contributed by atoms with Gasteiger partial charge < -0.3 is 11.1 Å². The standard InChI is InChI=1S/C15H23N3O/c1-17-9-13-3-2-8-18(11-13)10-12-4-6-14(7-5-12)15(16)19/h4-7,13,17H,2-3,8-11H2,1H3,(H2,16,19). The van der Waals surface area contributed by atoms with Gasteiger partial charge in [-0.05, 0) is 56.6 Å². The number of primary amides is 1. The molecule has 0 saturated carbocycles. The van der Waals surface area contributed by atoms with Gasteiger partial charge in [0.15, 0.2) is 0 Å². The van der Waals surface area contributed by atoms with Crippen LogP contribution in [0.4, 0.5) is 0 Å². The molecule has 0 aromatic heterocycles. The molecule has 1 aliphatic rings. The molecule has 2 rings (SSSR count). The van der Waals surface area contributed by atoms with Crippen molar-refractivity contribution in [1.29, 1.82) is 0 Å². The Kier molecular flexibility index (Phi) is 4.93. The average molecular weight is 261 g/mol. The van der Waals surface area contributed by atoms with Crippen LogP contribution in [0, 0.1) is 5.92 Å². The number of benzene rings is 1. The molecule has 1 atom stereocenters. The van der Waals surface area contributed by atoms with Gasteiger partial charge in [0.25, 0.3) is 0 Å². The van der Waals surface area contributed by atoms with Crippen LogP contribution in [0.15, 0.2) is 24.3 Å². The van der Waals surface area contributed by atoms with Crippen LogP contribution in [0.25, 0.3) is 0 Å². The highest BCUT2D eigenvalue weighted by atomic mass is 16.1. The molecule has 1 aliphatic heterocycles. The summed E-state index contributed by atoms with van der Waals surface area (Å²) in [4.78, 5) is 13.5. The third-order valence-corrected chi connectivity index (χ3v) is 3.74. The van der Waals surface area contributed by atoms with Crippen molar-refractivity contribution >= 4 is 5.91 Å². The number of hydrogen-bond acceptors (Lipinski definition) is 3. The lowest BCUT2D eigenvalue weighted by atomic mass is 9.97. The number of nitrogens with one attached hydrogen (secondary N) is 1. The lowest BCUT2D eigenvalue weighted by Gasteiger charge is -2.32. The highest BCUT2D eigenvalue weighted by Crippen LogP contribution is 2.18. The van der Waals surface area contributed by atoms with Gasteiger partial charge in [-0.25, -0.2) is 0 Å². The molecule has 1 aromatic carbocycles. The second-order valence-corrected chi connectivity index (χ2v) is 5.36. The maximum atomic E-state index is 11.0. The number of carbonyl (C=O) groups excluding carboxylic acids is 1. The zero-order chi connectivity index (χ0) is 13.7. The van der Waals surface area contributed by atoms with E-state index in [-0.39, 0.29) is 5.91 Å². The van der Waals surface area contributed by atoms with Crippen LogP contribution in [0.2, 0.25) is 0 Å². The van der Waals surface area contributed by atoms with Crippen LogP contribution in [-0.4, -0.2) is 37.5 Å². The Morgan fingerprint density at radius 1 is 1.42 bits per heavy atom. The van der Waals surface area contributed by atoms with E-state index in [1.807, 2.05) is 31.3 Å². The molecular weight excluding hydrogens is 238 g/mol. The maximum Gasteiger partial charge on any atom is 0.248 e. The molecule has 1 saturated heterocycles. The van der Waals surface area contributed by atoms with E-state index in [0.717, 1.165) is 32.1 Å². The molecule has 19 heavy (non-hydrogen) atoms. The summed E-state index contributed by atoms with van der Waals surface area (Å²) in [6.45, 7) is 4.37. The Labute approximate surface area is 115 Å². The normalized spacial score (nSPS) is 20.4. The van der Waals surface area contributed by atoms with Crippen molar-refractivity contribution in [2.24, 2.45) is 11.7 Å². The summed E-state index contributed by atoms with van der Waals surface area (Å²) in [5.41, 5.74) is 7.07. The minimum Gasteiger partial charge on any atom is -0.366 e. The molecule has 0 bridgehead atoms. The molecule has 3 N–H and O–H groups in total. The van der Waals surface area contributed by atoms with E-state index in [4.69, 9.17) is 5.73 Å². The fraction of sp³-hybridized carbons (Fsp3) is 0.533. The lowest BCUT2D eigenvalue weighted by Crippen LogP contribution is -2.38. The summed E-state index contributed by atoms with van der Waals surface area (Å²) in [7, 11) is 2.02. The van der Waals surface area contributed by atoms with Gasteiger partial charge in [-0.15, -0.1) is 0 Å². The molecule has 1 aromatic rings. The summed E-state index contributed by atoms with van der Waals surface area (Å²) < 4.78 is 0. The van der Waals surface area contributed by atoms with Gasteiger partial charge in [0.05, 0.1) is 0 Å². The lowest BCUT2D eigenvalue weighted by molar-refractivity contribution is 0.100. The van der Waals surface area contributed by atoms with Crippen LogP contribution in [0.1, 0.15) is 28.8 Å². The van der Waals surface area contributed by atoms with Gasteiger partial charge in [0.2, 0.25) is 5.91 Å². The Bertz CT molecular complexity index is 414. The molecule has 104 valence electrons. The molecule has 1 heterocycles. The van der Waals surface area contributed by atoms with E-state index in [1.165, 1.54) is 18.4 Å². The fourth-order valence-electron chi connectivity index (χ4n) is 2.78. The molecule has 4 nitrogen and oxygen atoms in total. The Morgan fingerprint density at radius 2 is 2.16 bits per heavy atom. The molecule has 0 radical (unpaired) electrons. The van der Waals surface area contributed by atoms with E-state index >= 15 is 0 Å². The number of hydrogen-bond donors (Lipinski definition) is 2. The van der Waals surface area contributed by atoms with Gasteiger partial charge >= 0.3 is 0 Å². The Morgan fingerprint density at radius 3 is 2.79 bits per heavy atom. The number of piperidine rings is 1. The quantitative estimate of drug-likeness (QED) is 0.838. The van der Waals surface area contributed by atoms with E-state index < -0.39 is 0 Å². The van der Waals surface area contributed by atoms with Crippen molar-refractivity contribution in [2.75, 3.05) is 26.7 Å². The minimum absolute atomic E-state index is 0.362. The number of carbonyl (C=O) groups is 1. The van der Waals surface area contributed by atoms with Crippen LogP contribution in [-0.2, 0) is 6.54 Å². The number of likely N-dealkylation sites (tertiary alicyclic amines) is 1. The fourth-order valence-corrected chi connectivity index (χ4v) is 2.78. The zero-order valence-electron chi connectivity index (χ0n) is 11.6. The molecule has 4 heteroatoms.